The van der Waals surface area contributed by atoms with E-state index in [1.807, 2.05) is 0 Å². The van der Waals surface area contributed by atoms with E-state index in [9.17, 15) is 4.79 Å². The number of likely N-dealkylation sites (tertiary alicyclic amines) is 1. The maximum Gasteiger partial charge on any atom is 0.217 e. The molecule has 2 aliphatic rings. The van der Waals surface area contributed by atoms with Gasteiger partial charge in [-0.05, 0) is 44.7 Å². The Kier molecular flexibility index (Phi) is 4.18. The van der Waals surface area contributed by atoms with Crippen molar-refractivity contribution in [3.63, 3.8) is 0 Å². The van der Waals surface area contributed by atoms with Crippen LogP contribution in [0.2, 0.25) is 0 Å². The lowest BCUT2D eigenvalue weighted by atomic mass is 9.91. The number of piperidine rings is 1. The van der Waals surface area contributed by atoms with Crippen LogP contribution in [0.1, 0.15) is 32.1 Å². The Morgan fingerprint density at radius 3 is 2.38 bits per heavy atom. The summed E-state index contributed by atoms with van der Waals surface area (Å²) in [4.78, 5) is 13.4. The van der Waals surface area contributed by atoms with Crippen LogP contribution in [0.3, 0.4) is 0 Å². The minimum atomic E-state index is -0.149. The van der Waals surface area contributed by atoms with Crippen LogP contribution in [-0.2, 0) is 9.53 Å². The molecule has 0 aromatic carbocycles. The molecule has 4 heteroatoms. The lowest BCUT2D eigenvalue weighted by Gasteiger charge is -2.39. The van der Waals surface area contributed by atoms with Crippen molar-refractivity contribution < 1.29 is 9.53 Å². The van der Waals surface area contributed by atoms with Crippen LogP contribution in [0.15, 0.2) is 0 Å². The predicted molar refractivity (Wildman–Crippen MR) is 61.9 cm³/mol. The second kappa shape index (κ2) is 5.64. The average molecular weight is 226 g/mol. The van der Waals surface area contributed by atoms with Crippen LogP contribution in [-0.4, -0.2) is 43.2 Å². The van der Waals surface area contributed by atoms with E-state index >= 15 is 0 Å². The fourth-order valence-electron chi connectivity index (χ4n) is 2.86. The molecular formula is C12H22N2O2. The first-order valence-corrected chi connectivity index (χ1v) is 6.36. The number of rotatable bonds is 3. The van der Waals surface area contributed by atoms with Gasteiger partial charge in [0.15, 0.2) is 0 Å². The second-order valence-electron chi connectivity index (χ2n) is 4.99. The summed E-state index contributed by atoms with van der Waals surface area (Å²) in [5.74, 6) is 0.373. The molecule has 0 saturated carbocycles. The Balaban J connectivity index is 1.73. The van der Waals surface area contributed by atoms with Gasteiger partial charge in [-0.15, -0.1) is 0 Å². The zero-order valence-electron chi connectivity index (χ0n) is 9.86. The van der Waals surface area contributed by atoms with Gasteiger partial charge < -0.3 is 15.4 Å². The first-order chi connectivity index (χ1) is 7.75. The van der Waals surface area contributed by atoms with E-state index in [0.29, 0.717) is 18.4 Å². The SMILES string of the molecule is NC(=O)CC1CCN(C2CCOCC2)CC1. The van der Waals surface area contributed by atoms with Gasteiger partial charge in [0.1, 0.15) is 0 Å². The van der Waals surface area contributed by atoms with Gasteiger partial charge in [0.2, 0.25) is 5.91 Å². The number of carbonyl (C=O) groups is 1. The van der Waals surface area contributed by atoms with E-state index in [1.165, 1.54) is 12.8 Å². The topological polar surface area (TPSA) is 55.6 Å². The highest BCUT2D eigenvalue weighted by Gasteiger charge is 2.26. The highest BCUT2D eigenvalue weighted by Crippen LogP contribution is 2.24. The zero-order chi connectivity index (χ0) is 11.4. The van der Waals surface area contributed by atoms with Crippen molar-refractivity contribution in [2.24, 2.45) is 11.7 Å². The lowest BCUT2D eigenvalue weighted by molar-refractivity contribution is -0.119. The van der Waals surface area contributed by atoms with E-state index in [-0.39, 0.29) is 5.91 Å². The third-order valence-electron chi connectivity index (χ3n) is 3.85. The van der Waals surface area contributed by atoms with E-state index in [4.69, 9.17) is 10.5 Å². The lowest BCUT2D eigenvalue weighted by Crippen LogP contribution is -2.44. The summed E-state index contributed by atoms with van der Waals surface area (Å²) >= 11 is 0. The van der Waals surface area contributed by atoms with Crippen LogP contribution < -0.4 is 5.73 Å². The summed E-state index contributed by atoms with van der Waals surface area (Å²) in [6.07, 6.45) is 5.16. The molecule has 0 bridgehead atoms. The average Bonchev–Trinajstić information content (AvgIpc) is 2.30. The molecule has 0 unspecified atom stereocenters. The highest BCUT2D eigenvalue weighted by atomic mass is 16.5. The Morgan fingerprint density at radius 1 is 1.19 bits per heavy atom. The smallest absolute Gasteiger partial charge is 0.217 e. The second-order valence-corrected chi connectivity index (χ2v) is 4.99. The number of carbonyl (C=O) groups excluding carboxylic acids is 1. The number of amides is 1. The first-order valence-electron chi connectivity index (χ1n) is 6.36. The van der Waals surface area contributed by atoms with E-state index in [1.54, 1.807) is 0 Å². The molecule has 2 saturated heterocycles. The molecule has 2 aliphatic heterocycles. The van der Waals surface area contributed by atoms with Crippen LogP contribution in [0.4, 0.5) is 0 Å². The molecule has 0 aromatic rings. The molecule has 0 radical (unpaired) electrons. The minimum Gasteiger partial charge on any atom is -0.381 e. The summed E-state index contributed by atoms with van der Waals surface area (Å²) in [5.41, 5.74) is 5.23. The highest BCUT2D eigenvalue weighted by molar-refractivity contribution is 5.73. The molecule has 1 amide bonds. The molecule has 4 nitrogen and oxygen atoms in total. The number of ether oxygens (including phenoxy) is 1. The van der Waals surface area contributed by atoms with Crippen molar-refractivity contribution in [2.45, 2.75) is 38.1 Å². The molecule has 16 heavy (non-hydrogen) atoms. The van der Waals surface area contributed by atoms with Crippen molar-refractivity contribution in [1.82, 2.24) is 4.90 Å². The Labute approximate surface area is 97.1 Å². The standard InChI is InChI=1S/C12H22N2O2/c13-12(15)9-10-1-5-14(6-2-10)11-3-7-16-8-4-11/h10-11H,1-9H2,(H2,13,15). The summed E-state index contributed by atoms with van der Waals surface area (Å²) in [7, 11) is 0. The molecule has 0 aromatic heterocycles. The first kappa shape index (κ1) is 11.9. The van der Waals surface area contributed by atoms with Gasteiger partial charge in [-0.25, -0.2) is 0 Å². The number of primary amides is 1. The monoisotopic (exact) mass is 226 g/mol. The van der Waals surface area contributed by atoms with Gasteiger partial charge in [0.05, 0.1) is 0 Å². The zero-order valence-corrected chi connectivity index (χ0v) is 9.86. The molecule has 0 aliphatic carbocycles. The van der Waals surface area contributed by atoms with Gasteiger partial charge in [-0.1, -0.05) is 0 Å². The molecule has 2 fully saturated rings. The molecule has 0 spiro atoms. The summed E-state index contributed by atoms with van der Waals surface area (Å²) < 4.78 is 5.38. The van der Waals surface area contributed by atoms with Crippen LogP contribution in [0, 0.1) is 5.92 Å². The van der Waals surface area contributed by atoms with E-state index < -0.39 is 0 Å². The summed E-state index contributed by atoms with van der Waals surface area (Å²) in [5, 5.41) is 0. The molecule has 2 heterocycles. The molecule has 92 valence electrons. The van der Waals surface area contributed by atoms with Crippen LogP contribution in [0.25, 0.3) is 0 Å². The maximum absolute atomic E-state index is 10.8. The van der Waals surface area contributed by atoms with Crippen molar-refractivity contribution in [2.75, 3.05) is 26.3 Å². The fraction of sp³-hybridized carbons (Fsp3) is 0.917. The van der Waals surface area contributed by atoms with Crippen molar-refractivity contribution in [1.29, 1.82) is 0 Å². The summed E-state index contributed by atoms with van der Waals surface area (Å²) in [6.45, 7) is 4.07. The number of nitrogens with two attached hydrogens (primary N) is 1. The Hall–Kier alpha value is -0.610. The normalized spacial score (nSPS) is 25.8. The number of hydrogen-bond donors (Lipinski definition) is 1. The fourth-order valence-corrected chi connectivity index (χ4v) is 2.86. The minimum absolute atomic E-state index is 0.149. The Morgan fingerprint density at radius 2 is 1.81 bits per heavy atom. The number of hydrogen-bond acceptors (Lipinski definition) is 3. The van der Waals surface area contributed by atoms with Gasteiger partial charge in [0, 0.05) is 25.7 Å². The molecule has 0 atom stereocenters. The maximum atomic E-state index is 10.8. The van der Waals surface area contributed by atoms with Crippen LogP contribution in [0.5, 0.6) is 0 Å². The molecule has 2 rings (SSSR count). The largest absolute Gasteiger partial charge is 0.381 e. The quantitative estimate of drug-likeness (QED) is 0.772. The van der Waals surface area contributed by atoms with Crippen molar-refractivity contribution in [3.8, 4) is 0 Å². The van der Waals surface area contributed by atoms with Gasteiger partial charge >= 0.3 is 0 Å². The number of nitrogens with zero attached hydrogens (tertiary/aromatic N) is 1. The third-order valence-corrected chi connectivity index (χ3v) is 3.85. The van der Waals surface area contributed by atoms with Crippen LogP contribution >= 0.6 is 0 Å². The third kappa shape index (κ3) is 3.19. The van der Waals surface area contributed by atoms with Gasteiger partial charge in [-0.3, -0.25) is 4.79 Å². The van der Waals surface area contributed by atoms with Crippen molar-refractivity contribution in [3.05, 3.63) is 0 Å². The van der Waals surface area contributed by atoms with Crippen molar-refractivity contribution >= 4 is 5.91 Å². The van der Waals surface area contributed by atoms with Gasteiger partial charge in [0.25, 0.3) is 0 Å². The Bertz CT molecular complexity index is 231. The van der Waals surface area contributed by atoms with E-state index in [2.05, 4.69) is 4.90 Å². The van der Waals surface area contributed by atoms with E-state index in [0.717, 1.165) is 39.1 Å². The molecular weight excluding hydrogens is 204 g/mol. The van der Waals surface area contributed by atoms with Gasteiger partial charge in [-0.2, -0.15) is 0 Å². The predicted octanol–water partition coefficient (Wildman–Crippen LogP) is 0.753. The summed E-state index contributed by atoms with van der Waals surface area (Å²) in [6, 6.07) is 0.711. The molecule has 2 N–H and O–H groups in total.